The van der Waals surface area contributed by atoms with Crippen LogP contribution < -0.4 is 0 Å². The number of esters is 1. The lowest BCUT2D eigenvalue weighted by Gasteiger charge is -2.00. The molecular formula is C10H12N2O2S. The molecule has 0 fully saturated rings. The van der Waals surface area contributed by atoms with E-state index < -0.39 is 0 Å². The normalized spacial score (nSPS) is 10.8. The summed E-state index contributed by atoms with van der Waals surface area (Å²) in [4.78, 5) is 16.5. The smallest absolute Gasteiger partial charge is 0.356 e. The Kier molecular flexibility index (Phi) is 2.73. The van der Waals surface area contributed by atoms with E-state index >= 15 is 0 Å². The maximum atomic E-state index is 11.5. The molecule has 2 aromatic rings. The quantitative estimate of drug-likeness (QED) is 0.750. The number of thiazole rings is 1. The van der Waals surface area contributed by atoms with Crippen LogP contribution in [0.1, 0.15) is 29.5 Å². The molecule has 0 N–H and O–H groups in total. The minimum absolute atomic E-state index is 0.335. The molecule has 0 bridgehead atoms. The Hall–Kier alpha value is -1.36. The number of aryl methyl sites for hydroxylation is 1. The van der Waals surface area contributed by atoms with Gasteiger partial charge in [0.15, 0.2) is 10.7 Å². The van der Waals surface area contributed by atoms with Crippen molar-refractivity contribution in [2.75, 3.05) is 7.11 Å². The van der Waals surface area contributed by atoms with Crippen molar-refractivity contribution in [3.8, 4) is 0 Å². The highest BCUT2D eigenvalue weighted by Gasteiger charge is 2.15. The highest BCUT2D eigenvalue weighted by Crippen LogP contribution is 2.19. The average molecular weight is 224 g/mol. The van der Waals surface area contributed by atoms with E-state index in [4.69, 9.17) is 4.74 Å². The van der Waals surface area contributed by atoms with Crippen molar-refractivity contribution >= 4 is 22.3 Å². The lowest BCUT2D eigenvalue weighted by Crippen LogP contribution is -2.06. The van der Waals surface area contributed by atoms with Crippen LogP contribution >= 0.6 is 11.3 Å². The van der Waals surface area contributed by atoms with Gasteiger partial charge < -0.3 is 4.74 Å². The number of carbonyl (C=O) groups is 1. The van der Waals surface area contributed by atoms with Gasteiger partial charge in [-0.25, -0.2) is 9.78 Å². The van der Waals surface area contributed by atoms with Crippen LogP contribution in [0.15, 0.2) is 11.6 Å². The summed E-state index contributed by atoms with van der Waals surface area (Å²) in [7, 11) is 1.38. The first-order valence-electron chi connectivity index (χ1n) is 4.80. The molecule has 0 aliphatic heterocycles. The molecule has 0 amide bonds. The predicted octanol–water partition coefficient (Wildman–Crippen LogP) is 2.13. The fourth-order valence-corrected chi connectivity index (χ4v) is 2.44. The molecular weight excluding hydrogens is 212 g/mol. The molecule has 80 valence electrons. The van der Waals surface area contributed by atoms with Crippen LogP contribution in [0.2, 0.25) is 0 Å². The first-order chi connectivity index (χ1) is 7.27. The third-order valence-corrected chi connectivity index (χ3v) is 3.11. The second-order valence-electron chi connectivity index (χ2n) is 3.23. The zero-order valence-corrected chi connectivity index (χ0v) is 9.50. The number of hydrogen-bond acceptors (Lipinski definition) is 4. The Morgan fingerprint density at radius 1 is 1.67 bits per heavy atom. The van der Waals surface area contributed by atoms with E-state index in [1.54, 1.807) is 17.5 Å². The summed E-state index contributed by atoms with van der Waals surface area (Å²) >= 11 is 1.55. The number of methoxy groups -OCH3 is 1. The lowest BCUT2D eigenvalue weighted by molar-refractivity contribution is 0.0592. The van der Waals surface area contributed by atoms with E-state index in [-0.39, 0.29) is 5.97 Å². The molecule has 0 aliphatic rings. The first kappa shape index (κ1) is 10.2. The molecule has 4 nitrogen and oxygen atoms in total. The third kappa shape index (κ3) is 1.63. The van der Waals surface area contributed by atoms with Crippen LogP contribution in [0, 0.1) is 0 Å². The summed E-state index contributed by atoms with van der Waals surface area (Å²) in [6.07, 6.45) is 3.56. The fraction of sp³-hybridized carbons (Fsp3) is 0.400. The van der Waals surface area contributed by atoms with Crippen molar-refractivity contribution in [2.24, 2.45) is 0 Å². The number of rotatable bonds is 3. The topological polar surface area (TPSA) is 43.6 Å². The summed E-state index contributed by atoms with van der Waals surface area (Å²) < 4.78 is 6.59. The molecule has 2 heterocycles. The summed E-state index contributed by atoms with van der Waals surface area (Å²) in [6, 6.07) is 0. The van der Waals surface area contributed by atoms with Gasteiger partial charge in [0.2, 0.25) is 0 Å². The molecule has 2 aromatic heterocycles. The Labute approximate surface area is 91.5 Å². The Morgan fingerprint density at radius 2 is 2.47 bits per heavy atom. The van der Waals surface area contributed by atoms with Gasteiger partial charge in [0.05, 0.1) is 13.3 Å². The Bertz CT molecular complexity index is 487. The van der Waals surface area contributed by atoms with Gasteiger partial charge in [0.25, 0.3) is 0 Å². The lowest BCUT2D eigenvalue weighted by atomic mass is 10.3. The highest BCUT2D eigenvalue weighted by atomic mass is 32.1. The van der Waals surface area contributed by atoms with Gasteiger partial charge in [-0.3, -0.25) is 4.40 Å². The van der Waals surface area contributed by atoms with Gasteiger partial charge in [0.1, 0.15) is 0 Å². The summed E-state index contributed by atoms with van der Waals surface area (Å²) in [6.45, 7) is 2.11. The van der Waals surface area contributed by atoms with E-state index in [1.165, 1.54) is 7.11 Å². The van der Waals surface area contributed by atoms with E-state index in [1.807, 2.05) is 9.78 Å². The SMILES string of the molecule is CCCc1csc2ncc(C(=O)OC)n12. The minimum Gasteiger partial charge on any atom is -0.464 e. The van der Waals surface area contributed by atoms with E-state index in [0.29, 0.717) is 5.69 Å². The zero-order valence-electron chi connectivity index (χ0n) is 8.69. The molecule has 0 atom stereocenters. The van der Waals surface area contributed by atoms with E-state index in [2.05, 4.69) is 11.9 Å². The Morgan fingerprint density at radius 3 is 3.13 bits per heavy atom. The van der Waals surface area contributed by atoms with E-state index in [0.717, 1.165) is 23.5 Å². The summed E-state index contributed by atoms with van der Waals surface area (Å²) in [5, 5.41) is 2.04. The molecule has 2 rings (SSSR count). The van der Waals surface area contributed by atoms with Crippen molar-refractivity contribution in [1.82, 2.24) is 9.38 Å². The summed E-state index contributed by atoms with van der Waals surface area (Å²) in [5.74, 6) is -0.335. The van der Waals surface area contributed by atoms with Crippen LogP contribution in [0.5, 0.6) is 0 Å². The number of nitrogens with zero attached hydrogens (tertiary/aromatic N) is 2. The molecule has 0 aliphatic carbocycles. The van der Waals surface area contributed by atoms with Gasteiger partial charge in [-0.15, -0.1) is 11.3 Å². The maximum Gasteiger partial charge on any atom is 0.356 e. The van der Waals surface area contributed by atoms with Crippen LogP contribution in [-0.2, 0) is 11.2 Å². The van der Waals surface area contributed by atoms with Crippen molar-refractivity contribution in [3.63, 3.8) is 0 Å². The average Bonchev–Trinajstić information content (AvgIpc) is 2.80. The predicted molar refractivity (Wildman–Crippen MR) is 58.4 cm³/mol. The number of ether oxygens (including phenoxy) is 1. The van der Waals surface area contributed by atoms with Gasteiger partial charge in [-0.2, -0.15) is 0 Å². The second kappa shape index (κ2) is 4.02. The second-order valence-corrected chi connectivity index (χ2v) is 4.07. The largest absolute Gasteiger partial charge is 0.464 e. The number of carbonyl (C=O) groups excluding carboxylic acids is 1. The number of hydrogen-bond donors (Lipinski definition) is 0. The van der Waals surface area contributed by atoms with Crippen molar-refractivity contribution in [3.05, 3.63) is 23.0 Å². The molecule has 5 heteroatoms. The van der Waals surface area contributed by atoms with Gasteiger partial charge in [0, 0.05) is 11.1 Å². The minimum atomic E-state index is -0.335. The molecule has 0 saturated heterocycles. The standard InChI is InChI=1S/C10H12N2O2S/c1-3-4-7-6-15-10-11-5-8(12(7)10)9(13)14-2/h5-6H,3-4H2,1-2H3. The van der Waals surface area contributed by atoms with Crippen LogP contribution in [0.4, 0.5) is 0 Å². The Balaban J connectivity index is 2.54. The highest BCUT2D eigenvalue weighted by molar-refractivity contribution is 7.15. The molecule has 0 saturated carbocycles. The van der Waals surface area contributed by atoms with Crippen molar-refractivity contribution < 1.29 is 9.53 Å². The molecule has 0 spiro atoms. The van der Waals surface area contributed by atoms with Crippen molar-refractivity contribution in [2.45, 2.75) is 19.8 Å². The monoisotopic (exact) mass is 224 g/mol. The third-order valence-electron chi connectivity index (χ3n) is 2.22. The maximum absolute atomic E-state index is 11.5. The van der Waals surface area contributed by atoms with Gasteiger partial charge >= 0.3 is 5.97 Å². The van der Waals surface area contributed by atoms with Gasteiger partial charge in [-0.05, 0) is 6.42 Å². The number of aromatic nitrogens is 2. The van der Waals surface area contributed by atoms with Gasteiger partial charge in [-0.1, -0.05) is 13.3 Å². The van der Waals surface area contributed by atoms with Crippen LogP contribution in [0.3, 0.4) is 0 Å². The van der Waals surface area contributed by atoms with Crippen LogP contribution in [-0.4, -0.2) is 22.5 Å². The first-order valence-corrected chi connectivity index (χ1v) is 5.68. The molecule has 0 radical (unpaired) electrons. The number of imidazole rings is 1. The van der Waals surface area contributed by atoms with E-state index in [9.17, 15) is 4.79 Å². The molecule has 0 aromatic carbocycles. The van der Waals surface area contributed by atoms with Crippen LogP contribution in [0.25, 0.3) is 4.96 Å². The van der Waals surface area contributed by atoms with Crippen molar-refractivity contribution in [1.29, 1.82) is 0 Å². The fourth-order valence-electron chi connectivity index (χ4n) is 1.54. The zero-order chi connectivity index (χ0) is 10.8. The molecule has 15 heavy (non-hydrogen) atoms. The summed E-state index contributed by atoms with van der Waals surface area (Å²) in [5.41, 5.74) is 1.63. The molecule has 0 unspecified atom stereocenters. The number of fused-ring (bicyclic) bond motifs is 1.